The maximum absolute atomic E-state index is 13.3. The fraction of sp³-hybridized carbons (Fsp3) is 0.304. The Kier molecular flexibility index (Phi) is 6.31. The maximum atomic E-state index is 13.3. The third-order valence-corrected chi connectivity index (χ3v) is 8.41. The summed E-state index contributed by atoms with van der Waals surface area (Å²) in [5.74, 6) is 0.0354. The third-order valence-electron chi connectivity index (χ3n) is 5.38. The molecule has 0 saturated carbocycles. The molecule has 1 amide bonds. The molecule has 2 aromatic carbocycles. The van der Waals surface area contributed by atoms with Gasteiger partial charge in [-0.3, -0.25) is 9.78 Å². The van der Waals surface area contributed by atoms with Gasteiger partial charge >= 0.3 is 0 Å². The van der Waals surface area contributed by atoms with Crippen LogP contribution >= 0.6 is 11.8 Å². The average Bonchev–Trinajstić information content (AvgIpc) is 2.78. The second kappa shape index (κ2) is 8.98. The lowest BCUT2D eigenvalue weighted by molar-refractivity contribution is -0.131. The Hall–Kier alpha value is -2.42. The molecule has 0 bridgehead atoms. The molecule has 2 heterocycles. The zero-order chi connectivity index (χ0) is 22.0. The van der Waals surface area contributed by atoms with Crippen molar-refractivity contribution < 1.29 is 13.2 Å². The summed E-state index contributed by atoms with van der Waals surface area (Å²) < 4.78 is 28.1. The number of thioether (sulfide) groups is 1. The number of hydrogen-bond donors (Lipinski definition) is 0. The first kappa shape index (κ1) is 21.8. The zero-order valence-corrected chi connectivity index (χ0v) is 19.2. The van der Waals surface area contributed by atoms with Crippen LogP contribution in [-0.4, -0.2) is 59.9 Å². The summed E-state index contributed by atoms with van der Waals surface area (Å²) >= 11 is 1.52. The number of piperazine rings is 1. The standard InChI is InChI=1S/C23H25N3O3S2/c1-17-15-19-7-6-10-21(22(19)24-16-17)31(28,29)26-13-11-25(12-14-26)23(27)18(2)30-20-8-4-3-5-9-20/h3-10,15-16,18H,11-14H2,1-2H3. The van der Waals surface area contributed by atoms with Crippen molar-refractivity contribution >= 4 is 38.6 Å². The van der Waals surface area contributed by atoms with Crippen LogP contribution in [0, 0.1) is 6.92 Å². The number of pyridine rings is 1. The van der Waals surface area contributed by atoms with Crippen molar-refractivity contribution in [1.82, 2.24) is 14.2 Å². The molecule has 4 rings (SSSR count). The Bertz CT molecular complexity index is 1190. The number of rotatable bonds is 5. The van der Waals surface area contributed by atoms with Crippen LogP contribution in [0.4, 0.5) is 0 Å². The van der Waals surface area contributed by atoms with Crippen molar-refractivity contribution in [3.8, 4) is 0 Å². The van der Waals surface area contributed by atoms with Crippen LogP contribution in [0.2, 0.25) is 0 Å². The van der Waals surface area contributed by atoms with Gasteiger partial charge < -0.3 is 4.90 Å². The number of fused-ring (bicyclic) bond motifs is 1. The summed E-state index contributed by atoms with van der Waals surface area (Å²) in [6.07, 6.45) is 1.68. The van der Waals surface area contributed by atoms with E-state index in [4.69, 9.17) is 0 Å². The highest BCUT2D eigenvalue weighted by Crippen LogP contribution is 2.27. The van der Waals surface area contributed by atoms with Gasteiger partial charge in [0.1, 0.15) is 4.90 Å². The molecule has 0 spiro atoms. The van der Waals surface area contributed by atoms with E-state index in [1.165, 1.54) is 16.1 Å². The predicted octanol–water partition coefficient (Wildman–Crippen LogP) is 3.56. The number of sulfonamides is 1. The van der Waals surface area contributed by atoms with Gasteiger partial charge in [-0.05, 0) is 43.7 Å². The minimum Gasteiger partial charge on any atom is -0.339 e. The molecule has 162 valence electrons. The van der Waals surface area contributed by atoms with Crippen molar-refractivity contribution in [2.75, 3.05) is 26.2 Å². The van der Waals surface area contributed by atoms with E-state index in [0.717, 1.165) is 15.8 Å². The first-order chi connectivity index (χ1) is 14.9. The van der Waals surface area contributed by atoms with Gasteiger partial charge in [-0.25, -0.2) is 8.42 Å². The van der Waals surface area contributed by atoms with Crippen LogP contribution in [0.15, 0.2) is 70.6 Å². The molecule has 0 aliphatic carbocycles. The van der Waals surface area contributed by atoms with Crippen LogP contribution in [0.3, 0.4) is 0 Å². The van der Waals surface area contributed by atoms with Crippen molar-refractivity contribution in [3.63, 3.8) is 0 Å². The van der Waals surface area contributed by atoms with Gasteiger partial charge in [-0.1, -0.05) is 30.3 Å². The van der Waals surface area contributed by atoms with Gasteiger partial charge in [0.25, 0.3) is 0 Å². The molecule has 0 radical (unpaired) electrons. The molecule has 31 heavy (non-hydrogen) atoms. The molecule has 1 saturated heterocycles. The Morgan fingerprint density at radius 2 is 1.74 bits per heavy atom. The van der Waals surface area contributed by atoms with Gasteiger partial charge in [0.2, 0.25) is 15.9 Å². The van der Waals surface area contributed by atoms with Crippen molar-refractivity contribution in [2.24, 2.45) is 0 Å². The third kappa shape index (κ3) is 4.61. The molecule has 1 fully saturated rings. The van der Waals surface area contributed by atoms with Gasteiger partial charge in [0.05, 0.1) is 10.8 Å². The summed E-state index contributed by atoms with van der Waals surface area (Å²) in [6.45, 7) is 5.15. The number of hydrogen-bond acceptors (Lipinski definition) is 5. The molecule has 0 N–H and O–H groups in total. The monoisotopic (exact) mass is 455 g/mol. The van der Waals surface area contributed by atoms with E-state index in [1.54, 1.807) is 23.2 Å². The lowest BCUT2D eigenvalue weighted by atomic mass is 10.2. The first-order valence-corrected chi connectivity index (χ1v) is 12.5. The Labute approximate surface area is 187 Å². The SMILES string of the molecule is Cc1cnc2c(S(=O)(=O)N3CCN(C(=O)C(C)Sc4ccccc4)CC3)cccc2c1. The second-order valence-electron chi connectivity index (χ2n) is 7.64. The van der Waals surface area contributed by atoms with E-state index < -0.39 is 10.0 Å². The average molecular weight is 456 g/mol. The fourth-order valence-corrected chi connectivity index (χ4v) is 6.31. The van der Waals surface area contributed by atoms with Crippen LogP contribution < -0.4 is 0 Å². The summed E-state index contributed by atoms with van der Waals surface area (Å²) in [4.78, 5) is 20.3. The Balaban J connectivity index is 1.45. The van der Waals surface area contributed by atoms with E-state index in [2.05, 4.69) is 4.98 Å². The summed E-state index contributed by atoms with van der Waals surface area (Å²) in [5, 5.41) is 0.581. The highest BCUT2D eigenvalue weighted by Gasteiger charge is 2.32. The normalized spacial score (nSPS) is 16.4. The first-order valence-electron chi connectivity index (χ1n) is 10.2. The smallest absolute Gasteiger partial charge is 0.245 e. The van der Waals surface area contributed by atoms with Crippen molar-refractivity contribution in [2.45, 2.75) is 28.9 Å². The number of para-hydroxylation sites is 1. The largest absolute Gasteiger partial charge is 0.339 e. The Morgan fingerprint density at radius 1 is 1.03 bits per heavy atom. The van der Waals surface area contributed by atoms with E-state index in [9.17, 15) is 13.2 Å². The molecule has 1 unspecified atom stereocenters. The number of carbonyl (C=O) groups excluding carboxylic acids is 1. The topological polar surface area (TPSA) is 70.6 Å². The van der Waals surface area contributed by atoms with Crippen molar-refractivity contribution in [3.05, 3.63) is 66.4 Å². The highest BCUT2D eigenvalue weighted by molar-refractivity contribution is 8.00. The summed E-state index contributed by atoms with van der Waals surface area (Å²) in [6, 6.07) is 17.0. The molecule has 6 nitrogen and oxygen atoms in total. The Morgan fingerprint density at radius 3 is 2.45 bits per heavy atom. The molecule has 1 atom stereocenters. The molecule has 8 heteroatoms. The lowest BCUT2D eigenvalue weighted by Gasteiger charge is -2.35. The van der Waals surface area contributed by atoms with Crippen LogP contribution in [-0.2, 0) is 14.8 Å². The van der Waals surface area contributed by atoms with Gasteiger partial charge in [-0.2, -0.15) is 4.31 Å². The van der Waals surface area contributed by atoms with Gasteiger partial charge in [0, 0.05) is 42.7 Å². The minimum atomic E-state index is -3.69. The van der Waals surface area contributed by atoms with Gasteiger partial charge in [-0.15, -0.1) is 11.8 Å². The van der Waals surface area contributed by atoms with Crippen molar-refractivity contribution in [1.29, 1.82) is 0 Å². The highest BCUT2D eigenvalue weighted by atomic mass is 32.2. The molecule has 1 aromatic heterocycles. The minimum absolute atomic E-state index is 0.0354. The summed E-state index contributed by atoms with van der Waals surface area (Å²) in [5.41, 5.74) is 1.47. The van der Waals surface area contributed by atoms with Crippen LogP contribution in [0.5, 0.6) is 0 Å². The van der Waals surface area contributed by atoms with E-state index >= 15 is 0 Å². The van der Waals surface area contributed by atoms with Crippen LogP contribution in [0.25, 0.3) is 10.9 Å². The van der Waals surface area contributed by atoms with E-state index in [0.29, 0.717) is 18.6 Å². The number of aromatic nitrogens is 1. The number of benzene rings is 2. The molecule has 3 aromatic rings. The fourth-order valence-electron chi connectivity index (χ4n) is 3.75. The number of nitrogens with zero attached hydrogens (tertiary/aromatic N) is 3. The zero-order valence-electron chi connectivity index (χ0n) is 17.6. The molecule has 1 aliphatic heterocycles. The summed E-state index contributed by atoms with van der Waals surface area (Å²) in [7, 11) is -3.69. The number of aryl methyl sites for hydroxylation is 1. The predicted molar refractivity (Wildman–Crippen MR) is 124 cm³/mol. The quantitative estimate of drug-likeness (QED) is 0.550. The van der Waals surface area contributed by atoms with E-state index in [-0.39, 0.29) is 29.1 Å². The van der Waals surface area contributed by atoms with Crippen LogP contribution in [0.1, 0.15) is 12.5 Å². The molecular weight excluding hydrogens is 430 g/mol. The number of carbonyl (C=O) groups is 1. The van der Waals surface area contributed by atoms with E-state index in [1.807, 2.05) is 56.3 Å². The molecular formula is C23H25N3O3S2. The second-order valence-corrected chi connectivity index (χ2v) is 11.0. The maximum Gasteiger partial charge on any atom is 0.245 e. The number of amides is 1. The van der Waals surface area contributed by atoms with Gasteiger partial charge in [0.15, 0.2) is 0 Å². The molecule has 1 aliphatic rings. The lowest BCUT2D eigenvalue weighted by Crippen LogP contribution is -2.52.